The van der Waals surface area contributed by atoms with Gasteiger partial charge in [0.1, 0.15) is 11.9 Å². The molecule has 28 heavy (non-hydrogen) atoms. The summed E-state index contributed by atoms with van der Waals surface area (Å²) < 4.78 is 1.62. The zero-order valence-electron chi connectivity index (χ0n) is 16.0. The first-order valence-corrected chi connectivity index (χ1v) is 10.4. The van der Waals surface area contributed by atoms with Crippen LogP contribution in [-0.4, -0.2) is 33.0 Å². The maximum atomic E-state index is 12.8. The third-order valence-corrected chi connectivity index (χ3v) is 6.11. The first-order chi connectivity index (χ1) is 13.6. The second kappa shape index (κ2) is 7.71. The molecule has 1 aliphatic heterocycles. The minimum Gasteiger partial charge on any atom is -0.350 e. The number of fused-ring (bicyclic) bond motifs is 1. The van der Waals surface area contributed by atoms with Crippen LogP contribution in [0.25, 0.3) is 10.3 Å². The van der Waals surface area contributed by atoms with Crippen LogP contribution in [0.4, 0.5) is 5.13 Å². The van der Waals surface area contributed by atoms with Crippen molar-refractivity contribution < 1.29 is 4.79 Å². The lowest BCUT2D eigenvalue weighted by Gasteiger charge is -2.23. The van der Waals surface area contributed by atoms with Crippen molar-refractivity contribution in [1.82, 2.24) is 19.9 Å². The third kappa shape index (κ3) is 3.40. The Balaban J connectivity index is 1.57. The van der Waals surface area contributed by atoms with E-state index in [-0.39, 0.29) is 17.5 Å². The van der Waals surface area contributed by atoms with Gasteiger partial charge in [-0.3, -0.25) is 14.2 Å². The van der Waals surface area contributed by atoms with Gasteiger partial charge in [0.25, 0.3) is 5.56 Å². The van der Waals surface area contributed by atoms with Crippen molar-refractivity contribution in [3.63, 3.8) is 0 Å². The predicted octanol–water partition coefficient (Wildman–Crippen LogP) is 2.47. The van der Waals surface area contributed by atoms with E-state index >= 15 is 0 Å². The number of nitrogens with one attached hydrogen (secondary N) is 1. The molecule has 1 unspecified atom stereocenters. The summed E-state index contributed by atoms with van der Waals surface area (Å²) in [5, 5.41) is 3.73. The highest BCUT2D eigenvalue weighted by molar-refractivity contribution is 7.21. The summed E-state index contributed by atoms with van der Waals surface area (Å²) in [5.41, 5.74) is 1.35. The number of rotatable bonds is 5. The number of carbonyl (C=O) groups is 1. The molecule has 0 spiro atoms. The van der Waals surface area contributed by atoms with Crippen LogP contribution in [0.5, 0.6) is 0 Å². The molecule has 0 radical (unpaired) electrons. The Kier molecular flexibility index (Phi) is 5.13. The lowest BCUT2D eigenvalue weighted by molar-refractivity contribution is -0.122. The number of amides is 1. The van der Waals surface area contributed by atoms with Crippen molar-refractivity contribution in [3.8, 4) is 0 Å². The fourth-order valence-electron chi connectivity index (χ4n) is 3.66. The Morgan fingerprint density at radius 1 is 1.29 bits per heavy atom. The number of benzene rings is 1. The molecule has 3 aromatic rings. The Morgan fingerprint density at radius 2 is 2.07 bits per heavy atom. The highest BCUT2D eigenvalue weighted by Gasteiger charge is 2.33. The summed E-state index contributed by atoms with van der Waals surface area (Å²) in [6.45, 7) is 5.58. The monoisotopic (exact) mass is 397 g/mol. The molecule has 1 amide bonds. The van der Waals surface area contributed by atoms with Gasteiger partial charge in [-0.05, 0) is 32.3 Å². The molecule has 1 N–H and O–H groups in total. The van der Waals surface area contributed by atoms with Crippen LogP contribution in [0.1, 0.15) is 31.2 Å². The molecular formula is C20H23N5O2S. The summed E-state index contributed by atoms with van der Waals surface area (Å²) in [6.07, 6.45) is 1.70. The summed E-state index contributed by atoms with van der Waals surface area (Å²) in [7, 11) is 0. The predicted molar refractivity (Wildman–Crippen MR) is 111 cm³/mol. The average molecular weight is 398 g/mol. The zero-order chi connectivity index (χ0) is 19.7. The minimum atomic E-state index is -0.265. The van der Waals surface area contributed by atoms with E-state index in [2.05, 4.69) is 15.3 Å². The Bertz CT molecular complexity index is 1060. The SMILES string of the molecule is CCn1c(C)nc2sc(N3CCCC3C(=O)NCc3ccccc3)nc2c1=O. The van der Waals surface area contributed by atoms with Gasteiger partial charge >= 0.3 is 0 Å². The van der Waals surface area contributed by atoms with Crippen molar-refractivity contribution in [1.29, 1.82) is 0 Å². The second-order valence-corrected chi connectivity index (χ2v) is 7.87. The van der Waals surface area contributed by atoms with Gasteiger partial charge in [0.15, 0.2) is 15.5 Å². The molecule has 1 atom stereocenters. The van der Waals surface area contributed by atoms with Crippen LogP contribution in [-0.2, 0) is 17.9 Å². The Labute approximate surface area is 167 Å². The summed E-state index contributed by atoms with van der Waals surface area (Å²) >= 11 is 1.39. The number of aromatic nitrogens is 3. The van der Waals surface area contributed by atoms with Crippen LogP contribution in [0.15, 0.2) is 35.1 Å². The summed E-state index contributed by atoms with van der Waals surface area (Å²) in [5.74, 6) is 0.685. The maximum Gasteiger partial charge on any atom is 0.281 e. The Hall–Kier alpha value is -2.74. The van der Waals surface area contributed by atoms with E-state index in [1.165, 1.54) is 11.3 Å². The topological polar surface area (TPSA) is 80.1 Å². The second-order valence-electron chi connectivity index (χ2n) is 6.91. The van der Waals surface area contributed by atoms with E-state index in [1.54, 1.807) is 4.57 Å². The lowest BCUT2D eigenvalue weighted by Crippen LogP contribution is -2.43. The quantitative estimate of drug-likeness (QED) is 0.715. The molecule has 1 fully saturated rings. The van der Waals surface area contributed by atoms with Crippen LogP contribution >= 0.6 is 11.3 Å². The molecule has 0 bridgehead atoms. The summed E-state index contributed by atoms with van der Waals surface area (Å²) in [4.78, 5) is 37.2. The van der Waals surface area contributed by atoms with E-state index in [1.807, 2.05) is 49.1 Å². The molecule has 1 saturated heterocycles. The average Bonchev–Trinajstić information content (AvgIpc) is 3.34. The number of hydrogen-bond acceptors (Lipinski definition) is 6. The van der Waals surface area contributed by atoms with Crippen LogP contribution in [0.2, 0.25) is 0 Å². The number of thiazole rings is 1. The number of nitrogens with zero attached hydrogens (tertiary/aromatic N) is 4. The van der Waals surface area contributed by atoms with Gasteiger partial charge in [-0.25, -0.2) is 9.97 Å². The summed E-state index contributed by atoms with van der Waals surface area (Å²) in [6, 6.07) is 9.60. The molecule has 1 aliphatic rings. The number of anilines is 1. The minimum absolute atomic E-state index is 0.00396. The Morgan fingerprint density at radius 3 is 2.82 bits per heavy atom. The fraction of sp³-hybridized carbons (Fsp3) is 0.400. The van der Waals surface area contributed by atoms with E-state index in [4.69, 9.17) is 0 Å². The van der Waals surface area contributed by atoms with Crippen molar-refractivity contribution in [2.24, 2.45) is 0 Å². The van der Waals surface area contributed by atoms with E-state index in [9.17, 15) is 9.59 Å². The smallest absolute Gasteiger partial charge is 0.281 e. The molecule has 0 aliphatic carbocycles. The van der Waals surface area contributed by atoms with Gasteiger partial charge in [-0.15, -0.1) is 0 Å². The number of carbonyl (C=O) groups excluding carboxylic acids is 1. The van der Waals surface area contributed by atoms with Crippen LogP contribution < -0.4 is 15.8 Å². The number of hydrogen-bond donors (Lipinski definition) is 1. The van der Waals surface area contributed by atoms with Gasteiger partial charge < -0.3 is 10.2 Å². The first-order valence-electron chi connectivity index (χ1n) is 9.54. The molecule has 3 heterocycles. The van der Waals surface area contributed by atoms with Gasteiger partial charge in [-0.2, -0.15) is 0 Å². The van der Waals surface area contributed by atoms with Crippen molar-refractivity contribution >= 4 is 32.7 Å². The molecule has 7 nitrogen and oxygen atoms in total. The van der Waals surface area contributed by atoms with E-state index in [0.29, 0.717) is 34.4 Å². The highest BCUT2D eigenvalue weighted by Crippen LogP contribution is 2.31. The largest absolute Gasteiger partial charge is 0.350 e. The highest BCUT2D eigenvalue weighted by atomic mass is 32.1. The van der Waals surface area contributed by atoms with Gasteiger partial charge in [-0.1, -0.05) is 41.7 Å². The van der Waals surface area contributed by atoms with Gasteiger partial charge in [0.05, 0.1) is 0 Å². The normalized spacial score (nSPS) is 16.6. The molecule has 4 rings (SSSR count). The maximum absolute atomic E-state index is 12.8. The van der Waals surface area contributed by atoms with E-state index in [0.717, 1.165) is 24.9 Å². The zero-order valence-corrected chi connectivity index (χ0v) is 16.8. The van der Waals surface area contributed by atoms with Crippen molar-refractivity contribution in [3.05, 3.63) is 52.1 Å². The molecule has 0 saturated carbocycles. The molecular weight excluding hydrogens is 374 g/mol. The molecule has 146 valence electrons. The van der Waals surface area contributed by atoms with Gasteiger partial charge in [0.2, 0.25) is 5.91 Å². The van der Waals surface area contributed by atoms with Crippen molar-refractivity contribution in [2.45, 2.75) is 45.8 Å². The number of aryl methyl sites for hydroxylation is 1. The van der Waals surface area contributed by atoms with Crippen molar-refractivity contribution in [2.75, 3.05) is 11.4 Å². The van der Waals surface area contributed by atoms with Gasteiger partial charge in [0, 0.05) is 19.6 Å². The van der Waals surface area contributed by atoms with Crippen LogP contribution in [0, 0.1) is 6.92 Å². The molecule has 8 heteroatoms. The first kappa shape index (κ1) is 18.6. The standard InChI is InChI=1S/C20H23N5O2S/c1-3-24-13(2)22-18-16(19(24)27)23-20(28-18)25-11-7-10-15(25)17(26)21-12-14-8-5-4-6-9-14/h4-6,8-9,15H,3,7,10-12H2,1-2H3,(H,21,26). The lowest BCUT2D eigenvalue weighted by atomic mass is 10.2. The fourth-order valence-corrected chi connectivity index (χ4v) is 4.72. The van der Waals surface area contributed by atoms with Crippen LogP contribution in [0.3, 0.4) is 0 Å². The third-order valence-electron chi connectivity index (χ3n) is 5.13. The van der Waals surface area contributed by atoms with E-state index < -0.39 is 0 Å². The molecule has 2 aromatic heterocycles. The molecule has 1 aromatic carbocycles.